The molecule has 2 unspecified atom stereocenters. The lowest BCUT2D eigenvalue weighted by atomic mass is 9.96. The molecule has 0 nitrogen and oxygen atoms in total. The Bertz CT molecular complexity index is 103. The van der Waals surface area contributed by atoms with Crippen molar-refractivity contribution < 1.29 is 0 Å². The summed E-state index contributed by atoms with van der Waals surface area (Å²) >= 11 is 0. The molecule has 0 aromatic carbocycles. The molecule has 2 atom stereocenters. The van der Waals surface area contributed by atoms with E-state index in [2.05, 4.69) is 20.8 Å². The van der Waals surface area contributed by atoms with Gasteiger partial charge in [0.25, 0.3) is 0 Å². The summed E-state index contributed by atoms with van der Waals surface area (Å²) in [5, 5.41) is 0. The van der Waals surface area contributed by atoms with Crippen molar-refractivity contribution >= 4 is 0 Å². The van der Waals surface area contributed by atoms with Crippen molar-refractivity contribution in [3.8, 4) is 0 Å². The van der Waals surface area contributed by atoms with E-state index in [0.717, 1.165) is 17.8 Å². The highest BCUT2D eigenvalue weighted by Crippen LogP contribution is 2.45. The molecule has 1 aliphatic carbocycles. The van der Waals surface area contributed by atoms with Gasteiger partial charge in [0.05, 0.1) is 0 Å². The van der Waals surface area contributed by atoms with Crippen LogP contribution in [0.15, 0.2) is 0 Å². The minimum Gasteiger partial charge on any atom is -0.0651 e. The Hall–Kier alpha value is 0. The van der Waals surface area contributed by atoms with E-state index in [1.54, 1.807) is 0 Å². The Balaban J connectivity index is 2.11. The zero-order chi connectivity index (χ0) is 8.27. The van der Waals surface area contributed by atoms with Gasteiger partial charge >= 0.3 is 0 Å². The van der Waals surface area contributed by atoms with Gasteiger partial charge in [0.1, 0.15) is 0 Å². The molecule has 11 heavy (non-hydrogen) atoms. The Morgan fingerprint density at radius 2 is 1.73 bits per heavy atom. The average Bonchev–Trinajstić information content (AvgIpc) is 2.78. The van der Waals surface area contributed by atoms with Crippen LogP contribution in [0, 0.1) is 17.8 Å². The monoisotopic (exact) mass is 154 g/mol. The van der Waals surface area contributed by atoms with E-state index in [9.17, 15) is 0 Å². The van der Waals surface area contributed by atoms with Crippen LogP contribution >= 0.6 is 0 Å². The molecule has 0 heterocycles. The molecule has 0 bridgehead atoms. The van der Waals surface area contributed by atoms with E-state index in [-0.39, 0.29) is 0 Å². The molecule has 1 fully saturated rings. The normalized spacial score (nSPS) is 29.5. The van der Waals surface area contributed by atoms with Crippen molar-refractivity contribution in [3.63, 3.8) is 0 Å². The zero-order valence-electron chi connectivity index (χ0n) is 8.27. The number of hydrogen-bond donors (Lipinski definition) is 0. The van der Waals surface area contributed by atoms with E-state index in [4.69, 9.17) is 0 Å². The van der Waals surface area contributed by atoms with Gasteiger partial charge < -0.3 is 0 Å². The van der Waals surface area contributed by atoms with Gasteiger partial charge in [-0.1, -0.05) is 40.0 Å². The van der Waals surface area contributed by atoms with Gasteiger partial charge in [-0.3, -0.25) is 0 Å². The fourth-order valence-corrected chi connectivity index (χ4v) is 2.15. The van der Waals surface area contributed by atoms with E-state index in [1.807, 2.05) is 0 Å². The summed E-state index contributed by atoms with van der Waals surface area (Å²) in [6, 6.07) is 0. The first-order valence-corrected chi connectivity index (χ1v) is 5.31. The van der Waals surface area contributed by atoms with Gasteiger partial charge in [0.2, 0.25) is 0 Å². The second-order valence-corrected chi connectivity index (χ2v) is 4.08. The Kier molecular flexibility index (Phi) is 3.42. The number of rotatable bonds is 5. The molecule has 0 N–H and O–H groups in total. The highest BCUT2D eigenvalue weighted by Gasteiger charge is 2.35. The first kappa shape index (κ1) is 9.09. The molecule has 0 aromatic heterocycles. The van der Waals surface area contributed by atoms with Crippen LogP contribution in [0.1, 0.15) is 52.9 Å². The largest absolute Gasteiger partial charge is 0.0651 e. The van der Waals surface area contributed by atoms with Crippen molar-refractivity contribution in [1.29, 1.82) is 0 Å². The minimum absolute atomic E-state index is 1.02. The van der Waals surface area contributed by atoms with Gasteiger partial charge in [-0.05, 0) is 30.6 Å². The summed E-state index contributed by atoms with van der Waals surface area (Å²) in [5.41, 5.74) is 0. The van der Waals surface area contributed by atoms with Crippen LogP contribution in [0.25, 0.3) is 0 Å². The smallest absolute Gasteiger partial charge is 0.0380 e. The Morgan fingerprint density at radius 3 is 2.09 bits per heavy atom. The average molecular weight is 154 g/mol. The summed E-state index contributed by atoms with van der Waals surface area (Å²) < 4.78 is 0. The topological polar surface area (TPSA) is 0 Å². The van der Waals surface area contributed by atoms with Crippen LogP contribution in [-0.4, -0.2) is 0 Å². The second-order valence-electron chi connectivity index (χ2n) is 4.08. The molecule has 1 saturated carbocycles. The molecule has 0 spiro atoms. The van der Waals surface area contributed by atoms with Gasteiger partial charge in [-0.2, -0.15) is 0 Å². The third-order valence-electron chi connectivity index (χ3n) is 3.38. The van der Waals surface area contributed by atoms with Crippen molar-refractivity contribution in [1.82, 2.24) is 0 Å². The van der Waals surface area contributed by atoms with Crippen LogP contribution in [0.3, 0.4) is 0 Å². The van der Waals surface area contributed by atoms with E-state index in [1.165, 1.54) is 32.1 Å². The van der Waals surface area contributed by atoms with Crippen LogP contribution in [0.4, 0.5) is 0 Å². The van der Waals surface area contributed by atoms with Gasteiger partial charge in [-0.25, -0.2) is 0 Å². The fourth-order valence-electron chi connectivity index (χ4n) is 2.15. The van der Waals surface area contributed by atoms with Crippen molar-refractivity contribution in [3.05, 3.63) is 0 Å². The standard InChI is InChI=1S/C11H22/c1-4-9(5-2)7-11-8-10(11)6-3/h9-11H,4-8H2,1-3H3. The summed E-state index contributed by atoms with van der Waals surface area (Å²) in [4.78, 5) is 0. The third kappa shape index (κ3) is 2.50. The molecule has 0 amide bonds. The van der Waals surface area contributed by atoms with E-state index >= 15 is 0 Å². The lowest BCUT2D eigenvalue weighted by Crippen LogP contribution is -1.98. The Morgan fingerprint density at radius 1 is 1.09 bits per heavy atom. The summed E-state index contributed by atoms with van der Waals surface area (Å²) in [6.45, 7) is 6.99. The lowest BCUT2D eigenvalue weighted by Gasteiger charge is -2.10. The fraction of sp³-hybridized carbons (Fsp3) is 1.00. The predicted octanol–water partition coefficient (Wildman–Crippen LogP) is 3.86. The SMILES string of the molecule is CCC(CC)CC1CC1CC. The van der Waals surface area contributed by atoms with Crippen LogP contribution in [-0.2, 0) is 0 Å². The maximum absolute atomic E-state index is 2.33. The van der Waals surface area contributed by atoms with Crippen molar-refractivity contribution in [2.24, 2.45) is 17.8 Å². The van der Waals surface area contributed by atoms with E-state index in [0.29, 0.717) is 0 Å². The molecule has 0 aromatic rings. The summed E-state index contributed by atoms with van der Waals surface area (Å²) in [7, 11) is 0. The number of hydrogen-bond acceptors (Lipinski definition) is 0. The molecule has 0 aliphatic heterocycles. The quantitative estimate of drug-likeness (QED) is 0.564. The van der Waals surface area contributed by atoms with Crippen LogP contribution in [0.2, 0.25) is 0 Å². The molecule has 66 valence electrons. The summed E-state index contributed by atoms with van der Waals surface area (Å²) in [6.07, 6.45) is 7.26. The van der Waals surface area contributed by atoms with Crippen molar-refractivity contribution in [2.45, 2.75) is 52.9 Å². The maximum Gasteiger partial charge on any atom is -0.0380 e. The Labute approximate surface area is 71.4 Å². The highest BCUT2D eigenvalue weighted by atomic mass is 14.4. The first-order valence-electron chi connectivity index (χ1n) is 5.31. The molecule has 0 heteroatoms. The van der Waals surface area contributed by atoms with Crippen LogP contribution in [0.5, 0.6) is 0 Å². The molecular weight excluding hydrogens is 132 g/mol. The summed E-state index contributed by atoms with van der Waals surface area (Å²) in [5.74, 6) is 3.25. The van der Waals surface area contributed by atoms with Gasteiger partial charge in [0, 0.05) is 0 Å². The zero-order valence-corrected chi connectivity index (χ0v) is 8.27. The molecular formula is C11H22. The van der Waals surface area contributed by atoms with E-state index < -0.39 is 0 Å². The van der Waals surface area contributed by atoms with Gasteiger partial charge in [0.15, 0.2) is 0 Å². The van der Waals surface area contributed by atoms with Crippen molar-refractivity contribution in [2.75, 3.05) is 0 Å². The maximum atomic E-state index is 2.33. The molecule has 1 aliphatic rings. The highest BCUT2D eigenvalue weighted by molar-refractivity contribution is 4.86. The van der Waals surface area contributed by atoms with Crippen LogP contribution < -0.4 is 0 Å². The van der Waals surface area contributed by atoms with Gasteiger partial charge in [-0.15, -0.1) is 0 Å². The minimum atomic E-state index is 1.02. The first-order chi connectivity index (χ1) is 5.31. The lowest BCUT2D eigenvalue weighted by molar-refractivity contribution is 0.415. The molecule has 0 saturated heterocycles. The third-order valence-corrected chi connectivity index (χ3v) is 3.38. The molecule has 0 radical (unpaired) electrons. The molecule has 1 rings (SSSR count). The second kappa shape index (κ2) is 4.13. The predicted molar refractivity (Wildman–Crippen MR) is 50.6 cm³/mol.